The molecule has 0 aromatic heterocycles. The molecule has 1 aromatic rings. The average Bonchev–Trinajstić information content (AvgIpc) is 2.43. The van der Waals surface area contributed by atoms with E-state index in [1.807, 2.05) is 36.4 Å². The van der Waals surface area contributed by atoms with Crippen LogP contribution in [0.4, 0.5) is 0 Å². The highest BCUT2D eigenvalue weighted by Gasteiger charge is 2.19. The first kappa shape index (κ1) is 14.4. The van der Waals surface area contributed by atoms with Gasteiger partial charge in [-0.25, -0.2) is 4.79 Å². The molecule has 0 amide bonds. The Morgan fingerprint density at radius 2 is 2.00 bits per heavy atom. The van der Waals surface area contributed by atoms with Crippen molar-refractivity contribution in [3.8, 4) is 0 Å². The van der Waals surface area contributed by atoms with E-state index >= 15 is 0 Å². The smallest absolute Gasteiger partial charge is 0.370 e. The van der Waals surface area contributed by atoms with Gasteiger partial charge in [-0.15, -0.1) is 6.58 Å². The van der Waals surface area contributed by atoms with Crippen molar-refractivity contribution >= 4 is 5.97 Å². The van der Waals surface area contributed by atoms with Crippen LogP contribution in [0.5, 0.6) is 0 Å². The number of rotatable bonds is 7. The number of hydrogen-bond acceptors (Lipinski definition) is 4. The first-order valence-electron chi connectivity index (χ1n) is 5.88. The maximum atomic E-state index is 10.9. The highest BCUT2D eigenvalue weighted by molar-refractivity contribution is 5.73. The zero-order valence-electron chi connectivity index (χ0n) is 10.2. The Morgan fingerprint density at radius 1 is 1.33 bits per heavy atom. The number of benzene rings is 1. The SMILES string of the molecule is C=CCC(CCC(O)C(=O)OO)c1ccccc1. The van der Waals surface area contributed by atoms with Crippen molar-refractivity contribution in [3.63, 3.8) is 0 Å². The lowest BCUT2D eigenvalue weighted by Crippen LogP contribution is -2.22. The molecule has 1 aromatic carbocycles. The quantitative estimate of drug-likeness (QED) is 0.443. The maximum absolute atomic E-state index is 10.9. The molecule has 0 fully saturated rings. The molecule has 18 heavy (non-hydrogen) atoms. The van der Waals surface area contributed by atoms with E-state index < -0.39 is 12.1 Å². The summed E-state index contributed by atoms with van der Waals surface area (Å²) in [4.78, 5) is 14.4. The molecule has 0 bridgehead atoms. The molecule has 0 aliphatic carbocycles. The van der Waals surface area contributed by atoms with Crippen LogP contribution >= 0.6 is 0 Å². The first-order valence-corrected chi connectivity index (χ1v) is 5.88. The van der Waals surface area contributed by atoms with Crippen LogP contribution < -0.4 is 0 Å². The van der Waals surface area contributed by atoms with Crippen molar-refractivity contribution in [2.45, 2.75) is 31.3 Å². The van der Waals surface area contributed by atoms with Gasteiger partial charge in [0.25, 0.3) is 0 Å². The Bertz CT molecular complexity index is 375. The third-order valence-electron chi connectivity index (χ3n) is 2.87. The second kappa shape index (κ2) is 7.63. The fraction of sp³-hybridized carbons (Fsp3) is 0.357. The normalized spacial score (nSPS) is 13.7. The molecule has 0 aliphatic heterocycles. The highest BCUT2D eigenvalue weighted by Crippen LogP contribution is 2.25. The standard InChI is InChI=1S/C14H18O4/c1-2-6-11(12-7-4-3-5-8-12)9-10-13(15)14(16)18-17/h2-5,7-8,11,13,15,17H,1,6,9-10H2. The van der Waals surface area contributed by atoms with Gasteiger partial charge in [0, 0.05) is 0 Å². The number of hydrogen-bond donors (Lipinski definition) is 2. The van der Waals surface area contributed by atoms with Gasteiger partial charge in [-0.05, 0) is 30.7 Å². The third kappa shape index (κ3) is 4.31. The van der Waals surface area contributed by atoms with Crippen molar-refractivity contribution in [2.75, 3.05) is 0 Å². The van der Waals surface area contributed by atoms with Crippen LogP contribution in [0.25, 0.3) is 0 Å². The molecule has 1 rings (SSSR count). The maximum Gasteiger partial charge on any atom is 0.370 e. The minimum absolute atomic E-state index is 0.199. The van der Waals surface area contributed by atoms with Gasteiger partial charge in [0.15, 0.2) is 6.10 Å². The molecule has 0 spiro atoms. The Balaban J connectivity index is 2.59. The zero-order valence-corrected chi connectivity index (χ0v) is 10.2. The molecule has 0 heterocycles. The lowest BCUT2D eigenvalue weighted by atomic mass is 9.90. The number of carbonyl (C=O) groups excluding carboxylic acids is 1. The van der Waals surface area contributed by atoms with Crippen molar-refractivity contribution < 1.29 is 20.0 Å². The van der Waals surface area contributed by atoms with Crippen LogP contribution in [-0.4, -0.2) is 22.4 Å². The van der Waals surface area contributed by atoms with E-state index in [2.05, 4.69) is 11.5 Å². The summed E-state index contributed by atoms with van der Waals surface area (Å²) in [6.45, 7) is 3.71. The van der Waals surface area contributed by atoms with Crippen LogP contribution in [0.2, 0.25) is 0 Å². The molecule has 2 unspecified atom stereocenters. The molecule has 4 heteroatoms. The van der Waals surface area contributed by atoms with E-state index in [1.165, 1.54) is 0 Å². The zero-order chi connectivity index (χ0) is 13.4. The summed E-state index contributed by atoms with van der Waals surface area (Å²) in [6, 6.07) is 9.84. The third-order valence-corrected chi connectivity index (χ3v) is 2.87. The van der Waals surface area contributed by atoms with Crippen molar-refractivity contribution in [1.82, 2.24) is 0 Å². The highest BCUT2D eigenvalue weighted by atomic mass is 17.1. The van der Waals surface area contributed by atoms with Gasteiger partial charge < -0.3 is 5.11 Å². The van der Waals surface area contributed by atoms with Gasteiger partial charge in [-0.3, -0.25) is 4.89 Å². The predicted octanol–water partition coefficient (Wildman–Crippen LogP) is 2.50. The van der Waals surface area contributed by atoms with Crippen LogP contribution in [-0.2, 0) is 9.68 Å². The minimum atomic E-state index is -1.29. The Labute approximate surface area is 106 Å². The average molecular weight is 250 g/mol. The van der Waals surface area contributed by atoms with Crippen LogP contribution in [0.3, 0.4) is 0 Å². The van der Waals surface area contributed by atoms with Crippen LogP contribution in [0.1, 0.15) is 30.7 Å². The molecule has 2 N–H and O–H groups in total. The summed E-state index contributed by atoms with van der Waals surface area (Å²) < 4.78 is 0. The van der Waals surface area contributed by atoms with E-state index in [4.69, 9.17) is 5.26 Å². The van der Waals surface area contributed by atoms with Gasteiger partial charge in [0.05, 0.1) is 0 Å². The predicted molar refractivity (Wildman–Crippen MR) is 68.0 cm³/mol. The Hall–Kier alpha value is -1.65. The summed E-state index contributed by atoms with van der Waals surface area (Å²) in [7, 11) is 0. The topological polar surface area (TPSA) is 66.8 Å². The summed E-state index contributed by atoms with van der Waals surface area (Å²) >= 11 is 0. The summed E-state index contributed by atoms with van der Waals surface area (Å²) in [6.07, 6.45) is 2.16. The molecule has 0 saturated carbocycles. The second-order valence-electron chi connectivity index (χ2n) is 4.14. The number of aliphatic hydroxyl groups is 1. The number of aliphatic hydroxyl groups excluding tert-OH is 1. The largest absolute Gasteiger partial charge is 0.381 e. The summed E-state index contributed by atoms with van der Waals surface area (Å²) in [5.41, 5.74) is 1.14. The van der Waals surface area contributed by atoms with Crippen LogP contribution in [0, 0.1) is 0 Å². The molecule has 0 radical (unpaired) electrons. The molecule has 98 valence electrons. The Kier molecular flexibility index (Phi) is 6.11. The van der Waals surface area contributed by atoms with E-state index in [-0.39, 0.29) is 12.3 Å². The van der Waals surface area contributed by atoms with E-state index in [1.54, 1.807) is 0 Å². The fourth-order valence-corrected chi connectivity index (χ4v) is 1.88. The lowest BCUT2D eigenvalue weighted by molar-refractivity contribution is -0.242. The number of allylic oxidation sites excluding steroid dienone is 1. The first-order chi connectivity index (χ1) is 8.69. The summed E-state index contributed by atoms with van der Waals surface area (Å²) in [5.74, 6) is -0.815. The summed E-state index contributed by atoms with van der Waals surface area (Å²) in [5, 5.41) is 17.6. The molecule has 2 atom stereocenters. The van der Waals surface area contributed by atoms with Crippen LogP contribution in [0.15, 0.2) is 43.0 Å². The van der Waals surface area contributed by atoms with Crippen molar-refractivity contribution in [1.29, 1.82) is 0 Å². The number of carbonyl (C=O) groups is 1. The molecular formula is C14H18O4. The van der Waals surface area contributed by atoms with E-state index in [0.717, 1.165) is 12.0 Å². The minimum Gasteiger partial charge on any atom is -0.381 e. The van der Waals surface area contributed by atoms with Gasteiger partial charge >= 0.3 is 5.97 Å². The van der Waals surface area contributed by atoms with Gasteiger partial charge in [0.2, 0.25) is 0 Å². The van der Waals surface area contributed by atoms with E-state index in [9.17, 15) is 9.90 Å². The van der Waals surface area contributed by atoms with Gasteiger partial charge in [-0.2, -0.15) is 5.26 Å². The molecule has 4 nitrogen and oxygen atoms in total. The van der Waals surface area contributed by atoms with Gasteiger partial charge in [-0.1, -0.05) is 36.4 Å². The Morgan fingerprint density at radius 3 is 2.56 bits per heavy atom. The molecule has 0 aliphatic rings. The molecule has 0 saturated heterocycles. The lowest BCUT2D eigenvalue weighted by Gasteiger charge is -2.16. The van der Waals surface area contributed by atoms with Crippen molar-refractivity contribution in [3.05, 3.63) is 48.6 Å². The second-order valence-corrected chi connectivity index (χ2v) is 4.14. The van der Waals surface area contributed by atoms with Crippen molar-refractivity contribution in [2.24, 2.45) is 0 Å². The van der Waals surface area contributed by atoms with Gasteiger partial charge in [0.1, 0.15) is 0 Å². The molecular weight excluding hydrogens is 232 g/mol. The fourth-order valence-electron chi connectivity index (χ4n) is 1.88. The van der Waals surface area contributed by atoms with E-state index in [0.29, 0.717) is 6.42 Å². The monoisotopic (exact) mass is 250 g/mol.